The van der Waals surface area contributed by atoms with Crippen molar-refractivity contribution in [3.63, 3.8) is 0 Å². The Balaban J connectivity index is 1.22. The highest BCUT2D eigenvalue weighted by Gasteiger charge is 2.49. The third-order valence-electron chi connectivity index (χ3n) is 20.1. The highest BCUT2D eigenvalue weighted by molar-refractivity contribution is 7.26. The van der Waals surface area contributed by atoms with E-state index >= 15 is 0 Å². The van der Waals surface area contributed by atoms with E-state index in [0.29, 0.717) is 0 Å². The van der Waals surface area contributed by atoms with E-state index in [1.807, 2.05) is 11.3 Å². The molecule has 2 aliphatic heterocycles. The van der Waals surface area contributed by atoms with Crippen molar-refractivity contribution in [3.8, 4) is 11.1 Å². The van der Waals surface area contributed by atoms with Crippen molar-refractivity contribution in [1.82, 2.24) is 0 Å². The van der Waals surface area contributed by atoms with Crippen molar-refractivity contribution in [3.05, 3.63) is 160 Å². The van der Waals surface area contributed by atoms with E-state index in [1.54, 1.807) is 0 Å². The van der Waals surface area contributed by atoms with Gasteiger partial charge in [0.1, 0.15) is 0 Å². The van der Waals surface area contributed by atoms with E-state index < -0.39 is 0 Å². The molecule has 0 atom stereocenters. The van der Waals surface area contributed by atoms with Gasteiger partial charge >= 0.3 is 0 Å². The molecule has 0 bridgehead atoms. The molecule has 4 heteroatoms. The molecule has 8 aromatic rings. The highest BCUT2D eigenvalue weighted by atomic mass is 32.1. The summed E-state index contributed by atoms with van der Waals surface area (Å²) in [6.45, 7) is 39.4. The van der Waals surface area contributed by atoms with Crippen molar-refractivity contribution in [1.29, 1.82) is 0 Å². The molecule has 0 radical (unpaired) electrons. The van der Waals surface area contributed by atoms with Gasteiger partial charge in [0.25, 0.3) is 6.71 Å². The maximum atomic E-state index is 2.80. The lowest BCUT2D eigenvalue weighted by molar-refractivity contribution is 0.332. The first-order chi connectivity index (χ1) is 35.2. The van der Waals surface area contributed by atoms with Gasteiger partial charge in [-0.25, -0.2) is 0 Å². The van der Waals surface area contributed by atoms with Gasteiger partial charge in [0.05, 0.1) is 5.69 Å². The van der Waals surface area contributed by atoms with E-state index in [1.165, 1.54) is 165 Å². The highest BCUT2D eigenvalue weighted by Crippen LogP contribution is 2.57. The fourth-order valence-corrected chi connectivity index (χ4v) is 16.4. The van der Waals surface area contributed by atoms with Gasteiger partial charge in [-0.15, -0.1) is 11.3 Å². The van der Waals surface area contributed by atoms with Crippen molar-refractivity contribution < 1.29 is 0 Å². The lowest BCUT2D eigenvalue weighted by atomic mass is 9.33. The predicted octanol–water partition coefficient (Wildman–Crippen LogP) is 18.5. The fourth-order valence-electron chi connectivity index (χ4n) is 15.0. The zero-order chi connectivity index (χ0) is 52.9. The average molecular weight is 1000 g/mol. The SMILES string of the molecule is Cc1cc2c(cc1N1c3cc(-c4ccccc4)cc4c3B(c3cc5c(cc3N4c3ccc4c(c3)C(C)(C)CCC4(C)C)C(C)(C)CCC5(C)C)c3ccc4sc5c(C(C)(C)C)cccc5c4c31)C(C)(C)CCC2(C)C. The number of anilines is 6. The van der Waals surface area contributed by atoms with Crippen molar-refractivity contribution in [2.24, 2.45) is 0 Å². The minimum Gasteiger partial charge on any atom is -0.311 e. The normalized spacial score (nSPS) is 20.0. The van der Waals surface area contributed by atoms with Crippen LogP contribution in [-0.4, -0.2) is 6.71 Å². The standard InChI is InChI=1S/C71H79BN2S/c1-42-35-49-52(70(13,14)33-31-67(49,7)8)40-56(42)74-59-37-44(43-21-18-17-19-22-43)36-58-62(59)72(54-27-28-60-61(63(54)74)46-23-20-24-48(64(46)75-60)65(2,3)4)55-39-51-53(71(15,16)34-32-69(51,11)12)41-57(55)73(58)45-25-26-47-50(38-45)68(9,10)30-29-66(47,5)6/h17-28,35-41H,29-34H2,1-16H3. The van der Waals surface area contributed by atoms with Crippen LogP contribution in [0.1, 0.15) is 187 Å². The molecule has 13 rings (SSSR count). The maximum absolute atomic E-state index is 2.80. The van der Waals surface area contributed by atoms with Crippen molar-refractivity contribution in [2.45, 2.75) is 187 Å². The number of thiophene rings is 1. The summed E-state index contributed by atoms with van der Waals surface area (Å²) < 4.78 is 2.77. The second kappa shape index (κ2) is 15.8. The van der Waals surface area contributed by atoms with Crippen LogP contribution in [0.4, 0.5) is 34.1 Å². The van der Waals surface area contributed by atoms with Gasteiger partial charge in [-0.3, -0.25) is 0 Å². The van der Waals surface area contributed by atoms with Gasteiger partial charge in [0, 0.05) is 48.6 Å². The first kappa shape index (κ1) is 49.0. The molecular weight excluding hydrogens is 924 g/mol. The molecular formula is C71H79BN2S. The first-order valence-corrected chi connectivity index (χ1v) is 29.3. The average Bonchev–Trinajstić information content (AvgIpc) is 3.79. The van der Waals surface area contributed by atoms with Crippen LogP contribution in [0.25, 0.3) is 31.3 Å². The Hall–Kier alpha value is -5.58. The summed E-state index contributed by atoms with van der Waals surface area (Å²) in [5.74, 6) is 0. The van der Waals surface area contributed by atoms with Crippen LogP contribution in [0.5, 0.6) is 0 Å². The molecule has 1 aromatic heterocycles. The number of hydrogen-bond donors (Lipinski definition) is 0. The van der Waals surface area contributed by atoms with Crippen LogP contribution in [-0.2, 0) is 37.9 Å². The first-order valence-electron chi connectivity index (χ1n) is 28.5. The Bertz CT molecular complexity index is 3740. The zero-order valence-electron chi connectivity index (χ0n) is 48.1. The molecule has 0 unspecified atom stereocenters. The molecule has 0 amide bonds. The number of fused-ring (bicyclic) bond motifs is 11. The number of rotatable bonds is 3. The molecule has 5 aliphatic rings. The van der Waals surface area contributed by atoms with Crippen LogP contribution in [0.3, 0.4) is 0 Å². The molecule has 0 saturated heterocycles. The Morgan fingerprint density at radius 3 is 1.59 bits per heavy atom. The largest absolute Gasteiger partial charge is 0.311 e. The second-order valence-electron chi connectivity index (χ2n) is 29.0. The van der Waals surface area contributed by atoms with Crippen molar-refractivity contribution >= 4 is 88.7 Å². The van der Waals surface area contributed by atoms with Crippen LogP contribution in [0.15, 0.2) is 115 Å². The van der Waals surface area contributed by atoms with E-state index in [4.69, 9.17) is 0 Å². The Kier molecular flexibility index (Phi) is 10.3. The quantitative estimate of drug-likeness (QED) is 0.163. The number of aryl methyl sites for hydroxylation is 1. The van der Waals surface area contributed by atoms with E-state index in [0.717, 1.165) is 0 Å². The predicted molar refractivity (Wildman–Crippen MR) is 328 cm³/mol. The molecule has 3 aliphatic carbocycles. The molecule has 0 saturated carbocycles. The van der Waals surface area contributed by atoms with Gasteiger partial charge in [0.15, 0.2) is 0 Å². The Labute approximate surface area is 454 Å². The smallest absolute Gasteiger partial charge is 0.252 e. The summed E-state index contributed by atoms with van der Waals surface area (Å²) in [6.07, 6.45) is 7.06. The maximum Gasteiger partial charge on any atom is 0.252 e. The minimum atomic E-state index is -0.00716. The molecule has 0 N–H and O–H groups in total. The van der Waals surface area contributed by atoms with Crippen LogP contribution >= 0.6 is 11.3 Å². The molecule has 0 spiro atoms. The summed E-state index contributed by atoms with van der Waals surface area (Å²) in [5, 5.41) is 2.75. The summed E-state index contributed by atoms with van der Waals surface area (Å²) in [7, 11) is 0. The van der Waals surface area contributed by atoms with Gasteiger partial charge in [-0.2, -0.15) is 0 Å². The fraction of sp³-hybridized carbons (Fsp3) is 0.408. The second-order valence-corrected chi connectivity index (χ2v) is 30.0. The molecule has 0 fully saturated rings. The molecule has 7 aromatic carbocycles. The van der Waals surface area contributed by atoms with Gasteiger partial charge in [-0.05, 0) is 198 Å². The Morgan fingerprint density at radius 2 is 0.987 bits per heavy atom. The summed E-state index contributed by atoms with van der Waals surface area (Å²) >= 11 is 2.00. The van der Waals surface area contributed by atoms with Gasteiger partial charge in [0.2, 0.25) is 0 Å². The van der Waals surface area contributed by atoms with E-state index in [-0.39, 0.29) is 44.6 Å². The molecule has 75 heavy (non-hydrogen) atoms. The lowest BCUT2D eigenvalue weighted by Gasteiger charge is -2.48. The van der Waals surface area contributed by atoms with Crippen LogP contribution in [0, 0.1) is 6.92 Å². The number of hydrogen-bond acceptors (Lipinski definition) is 3. The number of benzene rings is 7. The minimum absolute atomic E-state index is 0.00470. The van der Waals surface area contributed by atoms with E-state index in [2.05, 4.69) is 236 Å². The molecule has 3 heterocycles. The van der Waals surface area contributed by atoms with Crippen LogP contribution in [0.2, 0.25) is 0 Å². The lowest BCUT2D eigenvalue weighted by Crippen LogP contribution is -2.62. The topological polar surface area (TPSA) is 6.48 Å². The monoisotopic (exact) mass is 1000 g/mol. The summed E-state index contributed by atoms with van der Waals surface area (Å²) in [6, 6.07) is 47.0. The van der Waals surface area contributed by atoms with Gasteiger partial charge in [-0.1, -0.05) is 177 Å². The molecule has 2 nitrogen and oxygen atoms in total. The Morgan fingerprint density at radius 1 is 0.453 bits per heavy atom. The van der Waals surface area contributed by atoms with Crippen molar-refractivity contribution in [2.75, 3.05) is 9.80 Å². The summed E-state index contributed by atoms with van der Waals surface area (Å²) in [5.41, 5.74) is 26.7. The van der Waals surface area contributed by atoms with Crippen LogP contribution < -0.4 is 26.2 Å². The third-order valence-corrected chi connectivity index (χ3v) is 21.3. The van der Waals surface area contributed by atoms with E-state index in [9.17, 15) is 0 Å². The third kappa shape index (κ3) is 7.15. The molecule has 382 valence electrons. The number of nitrogens with zero attached hydrogens (tertiary/aromatic N) is 2. The summed E-state index contributed by atoms with van der Waals surface area (Å²) in [4.78, 5) is 5.55. The zero-order valence-corrected chi connectivity index (χ0v) is 48.9. The van der Waals surface area contributed by atoms with Gasteiger partial charge < -0.3 is 9.80 Å².